The Hall–Kier alpha value is -1.82. The van der Waals surface area contributed by atoms with Crippen molar-refractivity contribution in [2.24, 2.45) is 4.99 Å². The molecule has 6 heteroatoms. The highest BCUT2D eigenvalue weighted by Gasteiger charge is 1.98. The number of hydrogen-bond donors (Lipinski definition) is 2. The van der Waals surface area contributed by atoms with Crippen LogP contribution in [0.5, 0.6) is 5.75 Å². The lowest BCUT2D eigenvalue weighted by molar-refractivity contribution is 0.146. The number of guanidine groups is 1. The fraction of sp³-hybridized carbons (Fsp3) is 0.562. The first-order valence-corrected chi connectivity index (χ1v) is 7.74. The van der Waals surface area contributed by atoms with E-state index in [-0.39, 0.29) is 5.82 Å². The molecule has 1 aromatic rings. The second-order valence-electron chi connectivity index (χ2n) is 4.54. The van der Waals surface area contributed by atoms with Gasteiger partial charge in [0.2, 0.25) is 0 Å². The molecule has 1 aromatic carbocycles. The lowest BCUT2D eigenvalue weighted by atomic mass is 10.3. The third-order valence-electron chi connectivity index (χ3n) is 2.72. The van der Waals surface area contributed by atoms with Crippen molar-refractivity contribution in [1.29, 1.82) is 0 Å². The predicted octanol–water partition coefficient (Wildman–Crippen LogP) is 2.19. The van der Waals surface area contributed by atoms with Crippen LogP contribution in [-0.4, -0.2) is 45.4 Å². The molecule has 0 amide bonds. The van der Waals surface area contributed by atoms with Crippen LogP contribution in [0.25, 0.3) is 0 Å². The monoisotopic (exact) mass is 311 g/mol. The molecule has 124 valence electrons. The molecule has 1 rings (SSSR count). The van der Waals surface area contributed by atoms with Gasteiger partial charge in [0.15, 0.2) is 5.96 Å². The number of hydrogen-bond acceptors (Lipinski definition) is 3. The number of rotatable bonds is 10. The van der Waals surface area contributed by atoms with Gasteiger partial charge < -0.3 is 20.1 Å². The third kappa shape index (κ3) is 8.46. The zero-order chi connectivity index (χ0) is 16.0. The molecule has 22 heavy (non-hydrogen) atoms. The normalized spacial score (nSPS) is 11.3. The van der Waals surface area contributed by atoms with Gasteiger partial charge in [0.1, 0.15) is 18.2 Å². The molecule has 0 aliphatic heterocycles. The number of aliphatic imine (C=N–C) groups is 1. The van der Waals surface area contributed by atoms with Gasteiger partial charge in [-0.1, -0.05) is 6.07 Å². The first kappa shape index (κ1) is 18.2. The van der Waals surface area contributed by atoms with E-state index >= 15 is 0 Å². The molecular formula is C16H26FN3O2. The summed E-state index contributed by atoms with van der Waals surface area (Å²) in [7, 11) is 0. The maximum Gasteiger partial charge on any atom is 0.191 e. The van der Waals surface area contributed by atoms with Crippen LogP contribution in [0.4, 0.5) is 4.39 Å². The van der Waals surface area contributed by atoms with Crippen LogP contribution in [0, 0.1) is 5.82 Å². The molecule has 0 saturated carbocycles. The van der Waals surface area contributed by atoms with Crippen molar-refractivity contribution >= 4 is 5.96 Å². The van der Waals surface area contributed by atoms with Crippen molar-refractivity contribution in [3.63, 3.8) is 0 Å². The standard InChI is InChI=1S/C16H26FN3O2/c1-3-18-16(19-9-6-11-21-4-2)20-10-12-22-15-8-5-7-14(17)13-15/h5,7-8,13H,3-4,6,9-12H2,1-2H3,(H2,18,19,20). The zero-order valence-corrected chi connectivity index (χ0v) is 13.4. The SMILES string of the molecule is CCNC(=NCCCOCC)NCCOc1cccc(F)c1. The Labute approximate surface area is 131 Å². The van der Waals surface area contributed by atoms with E-state index in [1.807, 2.05) is 13.8 Å². The lowest BCUT2D eigenvalue weighted by Gasteiger charge is -2.12. The minimum absolute atomic E-state index is 0.297. The van der Waals surface area contributed by atoms with Gasteiger partial charge in [-0.15, -0.1) is 0 Å². The summed E-state index contributed by atoms with van der Waals surface area (Å²) in [6, 6.07) is 6.12. The molecule has 0 bridgehead atoms. The Kier molecular flexibility index (Phi) is 9.78. The zero-order valence-electron chi connectivity index (χ0n) is 13.4. The van der Waals surface area contributed by atoms with Gasteiger partial charge in [-0.3, -0.25) is 4.99 Å². The fourth-order valence-corrected chi connectivity index (χ4v) is 1.74. The molecule has 5 nitrogen and oxygen atoms in total. The Balaban J connectivity index is 2.24. The molecule has 2 N–H and O–H groups in total. The van der Waals surface area contributed by atoms with Crippen LogP contribution in [0.2, 0.25) is 0 Å². The third-order valence-corrected chi connectivity index (χ3v) is 2.72. The molecule has 0 aromatic heterocycles. The minimum atomic E-state index is -0.297. The average Bonchev–Trinajstić information content (AvgIpc) is 2.51. The van der Waals surface area contributed by atoms with Gasteiger partial charge >= 0.3 is 0 Å². The molecule has 0 fully saturated rings. The summed E-state index contributed by atoms with van der Waals surface area (Å²) >= 11 is 0. The van der Waals surface area contributed by atoms with Crippen LogP contribution >= 0.6 is 0 Å². The average molecular weight is 311 g/mol. The van der Waals surface area contributed by atoms with Crippen LogP contribution in [0.15, 0.2) is 29.3 Å². The van der Waals surface area contributed by atoms with E-state index in [0.717, 1.165) is 32.1 Å². The maximum atomic E-state index is 13.0. The van der Waals surface area contributed by atoms with Gasteiger partial charge in [-0.2, -0.15) is 0 Å². The predicted molar refractivity (Wildman–Crippen MR) is 87.0 cm³/mol. The second kappa shape index (κ2) is 11.8. The Bertz CT molecular complexity index is 441. The van der Waals surface area contributed by atoms with E-state index in [2.05, 4.69) is 15.6 Å². The summed E-state index contributed by atoms with van der Waals surface area (Å²) in [5.41, 5.74) is 0. The van der Waals surface area contributed by atoms with Crippen molar-refractivity contribution in [3.8, 4) is 5.75 Å². The van der Waals surface area contributed by atoms with Crippen molar-refractivity contribution in [1.82, 2.24) is 10.6 Å². The molecule has 0 aliphatic rings. The van der Waals surface area contributed by atoms with Crippen LogP contribution < -0.4 is 15.4 Å². The summed E-state index contributed by atoms with van der Waals surface area (Å²) in [6.45, 7) is 7.98. The summed E-state index contributed by atoms with van der Waals surface area (Å²) in [5.74, 6) is 0.983. The number of nitrogens with one attached hydrogen (secondary N) is 2. The molecule has 0 heterocycles. The molecule has 0 spiro atoms. The number of benzene rings is 1. The largest absolute Gasteiger partial charge is 0.492 e. The Morgan fingerprint density at radius 1 is 1.23 bits per heavy atom. The molecule has 0 aliphatic carbocycles. The lowest BCUT2D eigenvalue weighted by Crippen LogP contribution is -2.39. The van der Waals surface area contributed by atoms with Gasteiger partial charge in [-0.25, -0.2) is 4.39 Å². The highest BCUT2D eigenvalue weighted by atomic mass is 19.1. The van der Waals surface area contributed by atoms with Crippen molar-refractivity contribution in [2.45, 2.75) is 20.3 Å². The minimum Gasteiger partial charge on any atom is -0.492 e. The van der Waals surface area contributed by atoms with Gasteiger partial charge in [-0.05, 0) is 32.4 Å². The van der Waals surface area contributed by atoms with E-state index in [9.17, 15) is 4.39 Å². The summed E-state index contributed by atoms with van der Waals surface area (Å²) < 4.78 is 23.7. The van der Waals surface area contributed by atoms with E-state index in [4.69, 9.17) is 9.47 Å². The number of ether oxygens (including phenoxy) is 2. The highest BCUT2D eigenvalue weighted by Crippen LogP contribution is 2.11. The topological polar surface area (TPSA) is 54.9 Å². The van der Waals surface area contributed by atoms with E-state index in [0.29, 0.717) is 25.4 Å². The van der Waals surface area contributed by atoms with E-state index in [1.54, 1.807) is 12.1 Å². The van der Waals surface area contributed by atoms with Crippen LogP contribution in [0.1, 0.15) is 20.3 Å². The van der Waals surface area contributed by atoms with Gasteiger partial charge in [0, 0.05) is 32.4 Å². The first-order valence-electron chi connectivity index (χ1n) is 7.74. The van der Waals surface area contributed by atoms with E-state index in [1.165, 1.54) is 12.1 Å². The number of nitrogens with zero attached hydrogens (tertiary/aromatic N) is 1. The van der Waals surface area contributed by atoms with Crippen molar-refractivity contribution in [2.75, 3.05) is 39.5 Å². The molecule has 0 unspecified atom stereocenters. The van der Waals surface area contributed by atoms with Crippen molar-refractivity contribution < 1.29 is 13.9 Å². The molecular weight excluding hydrogens is 285 g/mol. The fourth-order valence-electron chi connectivity index (χ4n) is 1.74. The molecule has 0 atom stereocenters. The summed E-state index contributed by atoms with van der Waals surface area (Å²) in [6.07, 6.45) is 0.893. The van der Waals surface area contributed by atoms with Crippen LogP contribution in [-0.2, 0) is 4.74 Å². The Morgan fingerprint density at radius 2 is 2.09 bits per heavy atom. The summed E-state index contributed by atoms with van der Waals surface area (Å²) in [4.78, 5) is 4.44. The Morgan fingerprint density at radius 3 is 2.82 bits per heavy atom. The quantitative estimate of drug-likeness (QED) is 0.395. The first-order chi connectivity index (χ1) is 10.8. The summed E-state index contributed by atoms with van der Waals surface area (Å²) in [5, 5.41) is 6.34. The van der Waals surface area contributed by atoms with Gasteiger partial charge in [0.25, 0.3) is 0 Å². The second-order valence-corrected chi connectivity index (χ2v) is 4.54. The van der Waals surface area contributed by atoms with Crippen LogP contribution in [0.3, 0.4) is 0 Å². The molecule has 0 radical (unpaired) electrons. The molecule has 0 saturated heterocycles. The number of halogens is 1. The van der Waals surface area contributed by atoms with E-state index < -0.39 is 0 Å². The van der Waals surface area contributed by atoms with Crippen molar-refractivity contribution in [3.05, 3.63) is 30.1 Å². The smallest absolute Gasteiger partial charge is 0.191 e. The maximum absolute atomic E-state index is 13.0. The highest BCUT2D eigenvalue weighted by molar-refractivity contribution is 5.79. The van der Waals surface area contributed by atoms with Gasteiger partial charge in [0.05, 0.1) is 6.54 Å².